The number of ether oxygens (including phenoxy) is 3. The van der Waals surface area contributed by atoms with E-state index in [-0.39, 0.29) is 31.4 Å². The summed E-state index contributed by atoms with van der Waals surface area (Å²) in [7, 11) is 0. The van der Waals surface area contributed by atoms with Gasteiger partial charge >= 0.3 is 11.6 Å². The zero-order chi connectivity index (χ0) is 25.2. The third-order valence-electron chi connectivity index (χ3n) is 6.90. The van der Waals surface area contributed by atoms with Gasteiger partial charge in [-0.25, -0.2) is 4.79 Å². The van der Waals surface area contributed by atoms with E-state index in [2.05, 4.69) is 0 Å². The lowest BCUT2D eigenvalue weighted by Gasteiger charge is -2.26. The summed E-state index contributed by atoms with van der Waals surface area (Å²) in [6.45, 7) is 5.08. The highest BCUT2D eigenvalue weighted by molar-refractivity contribution is 5.83. The van der Waals surface area contributed by atoms with Crippen molar-refractivity contribution < 1.29 is 28.2 Å². The molecule has 2 aliphatic heterocycles. The summed E-state index contributed by atoms with van der Waals surface area (Å²) in [6.07, 6.45) is 1.88. The van der Waals surface area contributed by atoms with Gasteiger partial charge in [0.1, 0.15) is 18.8 Å². The van der Waals surface area contributed by atoms with Crippen LogP contribution >= 0.6 is 0 Å². The fourth-order valence-electron chi connectivity index (χ4n) is 4.99. The lowest BCUT2D eigenvalue weighted by atomic mass is 10.0. The number of esters is 1. The summed E-state index contributed by atoms with van der Waals surface area (Å²) in [5.41, 5.74) is 3.31. The average molecular weight is 492 g/mol. The number of carbonyl (C=O) groups excluding carboxylic acids is 2. The number of likely N-dealkylation sites (tertiary alicyclic amines) is 1. The Morgan fingerprint density at radius 3 is 2.69 bits per heavy atom. The minimum absolute atomic E-state index is 0.0121. The van der Waals surface area contributed by atoms with Gasteiger partial charge in [-0.1, -0.05) is 18.2 Å². The van der Waals surface area contributed by atoms with Crippen molar-refractivity contribution in [1.29, 1.82) is 0 Å². The Morgan fingerprint density at radius 1 is 1.06 bits per heavy atom. The molecule has 36 heavy (non-hydrogen) atoms. The van der Waals surface area contributed by atoms with Crippen molar-refractivity contribution in [2.75, 3.05) is 26.4 Å². The second-order valence-corrected chi connectivity index (χ2v) is 9.30. The summed E-state index contributed by atoms with van der Waals surface area (Å²) in [5.74, 6) is 0.632. The maximum absolute atomic E-state index is 12.9. The van der Waals surface area contributed by atoms with E-state index < -0.39 is 11.6 Å². The van der Waals surface area contributed by atoms with Gasteiger partial charge in [0.2, 0.25) is 0 Å². The molecule has 188 valence electrons. The molecule has 0 bridgehead atoms. The number of amides is 1. The second-order valence-electron chi connectivity index (χ2n) is 9.30. The molecule has 3 aromatic rings. The van der Waals surface area contributed by atoms with Crippen LogP contribution in [0, 0.1) is 13.8 Å². The van der Waals surface area contributed by atoms with Crippen LogP contribution in [0.2, 0.25) is 0 Å². The molecular formula is C28H29NO7. The zero-order valence-corrected chi connectivity index (χ0v) is 20.5. The smallest absolute Gasteiger partial charge is 0.339 e. The molecule has 1 saturated heterocycles. The molecule has 0 aliphatic carbocycles. The predicted octanol–water partition coefficient (Wildman–Crippen LogP) is 4.02. The maximum atomic E-state index is 12.9. The van der Waals surface area contributed by atoms with Crippen LogP contribution in [0.25, 0.3) is 11.0 Å². The van der Waals surface area contributed by atoms with Crippen molar-refractivity contribution in [2.24, 2.45) is 0 Å². The number of nitrogens with zero attached hydrogens (tertiary/aromatic N) is 1. The molecule has 1 amide bonds. The third-order valence-corrected chi connectivity index (χ3v) is 6.90. The molecule has 1 atom stereocenters. The number of aryl methyl sites for hydroxylation is 2. The second kappa shape index (κ2) is 10.0. The first kappa shape index (κ1) is 23.9. The normalized spacial score (nSPS) is 16.8. The van der Waals surface area contributed by atoms with Crippen molar-refractivity contribution in [3.05, 3.63) is 69.1 Å². The molecular weight excluding hydrogens is 462 g/mol. The van der Waals surface area contributed by atoms with Crippen LogP contribution in [-0.4, -0.2) is 43.1 Å². The molecule has 5 rings (SSSR count). The van der Waals surface area contributed by atoms with Crippen LogP contribution in [0.3, 0.4) is 0 Å². The Balaban J connectivity index is 1.19. The third kappa shape index (κ3) is 4.80. The van der Waals surface area contributed by atoms with E-state index in [0.29, 0.717) is 42.4 Å². The largest absolute Gasteiger partial charge is 0.486 e. The van der Waals surface area contributed by atoms with Crippen LogP contribution < -0.4 is 15.1 Å². The molecule has 1 fully saturated rings. The average Bonchev–Trinajstić information content (AvgIpc) is 3.37. The van der Waals surface area contributed by atoms with E-state index in [0.717, 1.165) is 34.9 Å². The van der Waals surface area contributed by atoms with E-state index >= 15 is 0 Å². The van der Waals surface area contributed by atoms with E-state index in [9.17, 15) is 14.4 Å². The number of fused-ring (bicyclic) bond motifs is 2. The number of hydrogen-bond donors (Lipinski definition) is 0. The highest BCUT2D eigenvalue weighted by atomic mass is 16.6. The van der Waals surface area contributed by atoms with Gasteiger partial charge in [-0.05, 0) is 68.0 Å². The molecule has 0 radical (unpaired) electrons. The first-order valence-corrected chi connectivity index (χ1v) is 12.3. The Kier molecular flexibility index (Phi) is 6.67. The minimum Gasteiger partial charge on any atom is -0.486 e. The Bertz CT molecular complexity index is 1380. The summed E-state index contributed by atoms with van der Waals surface area (Å²) < 4.78 is 22.0. The highest BCUT2D eigenvalue weighted by Crippen LogP contribution is 2.38. The molecule has 0 N–H and O–H groups in total. The maximum Gasteiger partial charge on any atom is 0.339 e. The standard InChI is InChI=1S/C28H29NO7/c1-17-5-7-20-18(2)21(28(32)36-24(20)14-17)8-10-27(31)35-16-26(30)29-11-3-4-22(29)19-6-9-23-25(15-19)34-13-12-33-23/h5-7,9,14-15,22H,3-4,8,10-13,16H2,1-2H3. The van der Waals surface area contributed by atoms with Gasteiger partial charge in [0.25, 0.3) is 5.91 Å². The van der Waals surface area contributed by atoms with E-state index in [1.54, 1.807) is 4.90 Å². The van der Waals surface area contributed by atoms with Gasteiger partial charge in [-0.2, -0.15) is 0 Å². The van der Waals surface area contributed by atoms with Gasteiger partial charge in [-0.15, -0.1) is 0 Å². The molecule has 3 heterocycles. The highest BCUT2D eigenvalue weighted by Gasteiger charge is 2.31. The number of carbonyl (C=O) groups is 2. The summed E-state index contributed by atoms with van der Waals surface area (Å²) in [6, 6.07) is 11.3. The summed E-state index contributed by atoms with van der Waals surface area (Å²) >= 11 is 0. The van der Waals surface area contributed by atoms with Gasteiger partial charge in [0.15, 0.2) is 18.1 Å². The SMILES string of the molecule is Cc1ccc2c(C)c(CCC(=O)OCC(=O)N3CCCC3c3ccc4c(c3)OCCO4)c(=O)oc2c1. The van der Waals surface area contributed by atoms with E-state index in [1.807, 2.05) is 50.2 Å². The molecule has 8 nitrogen and oxygen atoms in total. The Labute approximate surface area is 208 Å². The van der Waals surface area contributed by atoms with E-state index in [4.69, 9.17) is 18.6 Å². The van der Waals surface area contributed by atoms with Crippen LogP contribution in [0.15, 0.2) is 45.6 Å². The van der Waals surface area contributed by atoms with Crippen molar-refractivity contribution in [3.8, 4) is 11.5 Å². The van der Waals surface area contributed by atoms with Gasteiger partial charge in [-0.3, -0.25) is 9.59 Å². The molecule has 1 aromatic heterocycles. The van der Waals surface area contributed by atoms with Gasteiger partial charge in [0, 0.05) is 23.9 Å². The monoisotopic (exact) mass is 491 g/mol. The molecule has 0 saturated carbocycles. The van der Waals surface area contributed by atoms with Crippen LogP contribution in [0.4, 0.5) is 0 Å². The Morgan fingerprint density at radius 2 is 1.86 bits per heavy atom. The first-order chi connectivity index (χ1) is 17.4. The number of benzene rings is 2. The lowest BCUT2D eigenvalue weighted by molar-refractivity contribution is -0.152. The molecule has 8 heteroatoms. The number of rotatable bonds is 6. The molecule has 0 spiro atoms. The van der Waals surface area contributed by atoms with E-state index in [1.165, 1.54) is 0 Å². The van der Waals surface area contributed by atoms with Crippen molar-refractivity contribution >= 4 is 22.8 Å². The minimum atomic E-state index is -0.527. The van der Waals surface area contributed by atoms with Gasteiger partial charge < -0.3 is 23.5 Å². The quantitative estimate of drug-likeness (QED) is 0.380. The molecule has 1 unspecified atom stereocenters. The molecule has 2 aromatic carbocycles. The topological polar surface area (TPSA) is 95.3 Å². The molecule has 2 aliphatic rings. The van der Waals surface area contributed by atoms with Crippen molar-refractivity contribution in [3.63, 3.8) is 0 Å². The van der Waals surface area contributed by atoms with Crippen LogP contribution in [0.1, 0.15) is 47.6 Å². The number of hydrogen-bond acceptors (Lipinski definition) is 7. The van der Waals surface area contributed by atoms with Gasteiger partial charge in [0.05, 0.1) is 6.04 Å². The van der Waals surface area contributed by atoms with Crippen LogP contribution in [0.5, 0.6) is 11.5 Å². The summed E-state index contributed by atoms with van der Waals surface area (Å²) in [4.78, 5) is 39.6. The first-order valence-electron chi connectivity index (χ1n) is 12.3. The Hall–Kier alpha value is -3.81. The zero-order valence-electron chi connectivity index (χ0n) is 20.5. The predicted molar refractivity (Wildman–Crippen MR) is 132 cm³/mol. The fourth-order valence-corrected chi connectivity index (χ4v) is 4.99. The fraction of sp³-hybridized carbons (Fsp3) is 0.393. The summed E-state index contributed by atoms with van der Waals surface area (Å²) in [5, 5.41) is 0.845. The van der Waals surface area contributed by atoms with Crippen molar-refractivity contribution in [2.45, 2.75) is 45.6 Å². The van der Waals surface area contributed by atoms with Crippen LogP contribution in [-0.2, 0) is 20.7 Å². The lowest BCUT2D eigenvalue weighted by Crippen LogP contribution is -2.34. The van der Waals surface area contributed by atoms with Crippen molar-refractivity contribution in [1.82, 2.24) is 4.90 Å².